The molecule has 1 aromatic carbocycles. The van der Waals surface area contributed by atoms with Gasteiger partial charge in [0.15, 0.2) is 0 Å². The number of nitrogens with zero attached hydrogens (tertiary/aromatic N) is 1. The standard InChI is InChI=1S/C25H39N3O3/c1-4-5-15-26-25(31)23(18(2)3)28-24(30)21(16-19-11-7-6-8-12-19)27-17-20-13-9-10-14-22(20)29/h9-10,13-14,17-19,21,23,29H,4-8,11-12,15-16H2,1-3H3,(H,26,31)(H,28,30)/t21-,23-/m0/s1. The van der Waals surface area contributed by atoms with Crippen molar-refractivity contribution in [3.8, 4) is 5.75 Å². The van der Waals surface area contributed by atoms with Crippen molar-refractivity contribution in [2.24, 2.45) is 16.8 Å². The summed E-state index contributed by atoms with van der Waals surface area (Å²) >= 11 is 0. The molecule has 6 heteroatoms. The molecule has 1 aromatic rings. The van der Waals surface area contributed by atoms with E-state index < -0.39 is 12.1 Å². The number of para-hydroxylation sites is 1. The minimum Gasteiger partial charge on any atom is -0.507 e. The molecular formula is C25H39N3O3. The predicted molar refractivity (Wildman–Crippen MR) is 125 cm³/mol. The van der Waals surface area contributed by atoms with Gasteiger partial charge in [0.1, 0.15) is 17.8 Å². The Kier molecular flexibility index (Phi) is 10.5. The largest absolute Gasteiger partial charge is 0.507 e. The molecule has 1 saturated carbocycles. The number of nitrogens with one attached hydrogen (secondary N) is 2. The van der Waals surface area contributed by atoms with Gasteiger partial charge >= 0.3 is 0 Å². The zero-order valence-electron chi connectivity index (χ0n) is 19.3. The monoisotopic (exact) mass is 429 g/mol. The number of amides is 2. The Hall–Kier alpha value is -2.37. The third-order valence-corrected chi connectivity index (χ3v) is 5.99. The second-order valence-electron chi connectivity index (χ2n) is 8.97. The molecule has 0 aromatic heterocycles. The second-order valence-corrected chi connectivity index (χ2v) is 8.97. The number of phenolic OH excluding ortho intramolecular Hbond substituents is 1. The highest BCUT2D eigenvalue weighted by Crippen LogP contribution is 2.28. The fraction of sp³-hybridized carbons (Fsp3) is 0.640. The zero-order valence-corrected chi connectivity index (χ0v) is 19.3. The Morgan fingerprint density at radius 3 is 2.52 bits per heavy atom. The summed E-state index contributed by atoms with van der Waals surface area (Å²) in [6, 6.07) is 5.79. The predicted octanol–water partition coefficient (Wildman–Crippen LogP) is 4.21. The van der Waals surface area contributed by atoms with E-state index in [0.29, 0.717) is 24.4 Å². The second kappa shape index (κ2) is 13.1. The molecule has 2 rings (SSSR count). The molecule has 2 amide bonds. The molecule has 1 aliphatic carbocycles. The van der Waals surface area contributed by atoms with Crippen molar-refractivity contribution >= 4 is 18.0 Å². The number of unbranched alkanes of at least 4 members (excludes halogenated alkanes) is 1. The lowest BCUT2D eigenvalue weighted by molar-refractivity contribution is -0.130. The first-order chi connectivity index (χ1) is 14.9. The smallest absolute Gasteiger partial charge is 0.245 e. The SMILES string of the molecule is CCCCNC(=O)[C@@H](NC(=O)[C@H](CC1CCCCC1)N=Cc1ccccc1O)C(C)C. The minimum absolute atomic E-state index is 0.0249. The number of rotatable bonds is 11. The lowest BCUT2D eigenvalue weighted by Crippen LogP contribution is -2.52. The van der Waals surface area contributed by atoms with Gasteiger partial charge < -0.3 is 15.7 Å². The van der Waals surface area contributed by atoms with Crippen molar-refractivity contribution in [1.82, 2.24) is 10.6 Å². The van der Waals surface area contributed by atoms with Gasteiger partial charge in [-0.3, -0.25) is 14.6 Å². The highest BCUT2D eigenvalue weighted by atomic mass is 16.3. The first kappa shape index (κ1) is 24.9. The Morgan fingerprint density at radius 2 is 1.87 bits per heavy atom. The van der Waals surface area contributed by atoms with Crippen LogP contribution in [0.5, 0.6) is 5.75 Å². The van der Waals surface area contributed by atoms with Gasteiger partial charge in [0, 0.05) is 18.3 Å². The Balaban J connectivity index is 2.13. The van der Waals surface area contributed by atoms with Crippen molar-refractivity contribution in [2.75, 3.05) is 6.54 Å². The van der Waals surface area contributed by atoms with E-state index in [1.54, 1.807) is 24.4 Å². The van der Waals surface area contributed by atoms with E-state index in [2.05, 4.69) is 22.5 Å². The number of aromatic hydroxyl groups is 1. The van der Waals surface area contributed by atoms with Crippen LogP contribution in [0.3, 0.4) is 0 Å². The van der Waals surface area contributed by atoms with Crippen molar-refractivity contribution in [2.45, 2.75) is 84.2 Å². The van der Waals surface area contributed by atoms with E-state index in [1.165, 1.54) is 19.3 Å². The fourth-order valence-electron chi connectivity index (χ4n) is 4.02. The number of carbonyl (C=O) groups is 2. The lowest BCUT2D eigenvalue weighted by Gasteiger charge is -2.27. The zero-order chi connectivity index (χ0) is 22.6. The van der Waals surface area contributed by atoms with Crippen LogP contribution >= 0.6 is 0 Å². The van der Waals surface area contributed by atoms with E-state index in [1.807, 2.05) is 19.9 Å². The maximum Gasteiger partial charge on any atom is 0.245 e. The number of carbonyl (C=O) groups excluding carboxylic acids is 2. The lowest BCUT2D eigenvalue weighted by atomic mass is 9.84. The third-order valence-electron chi connectivity index (χ3n) is 5.99. The molecule has 0 spiro atoms. The van der Waals surface area contributed by atoms with Crippen LogP contribution < -0.4 is 10.6 Å². The van der Waals surface area contributed by atoms with E-state index in [9.17, 15) is 14.7 Å². The van der Waals surface area contributed by atoms with Crippen LogP contribution in [0, 0.1) is 11.8 Å². The summed E-state index contributed by atoms with van der Waals surface area (Å²) in [6.45, 7) is 6.56. The summed E-state index contributed by atoms with van der Waals surface area (Å²) in [5.41, 5.74) is 0.585. The maximum atomic E-state index is 13.2. The van der Waals surface area contributed by atoms with Gasteiger partial charge in [-0.25, -0.2) is 0 Å². The van der Waals surface area contributed by atoms with Crippen molar-refractivity contribution in [3.63, 3.8) is 0 Å². The molecule has 172 valence electrons. The molecule has 1 aliphatic rings. The molecule has 0 bridgehead atoms. The van der Waals surface area contributed by atoms with Gasteiger partial charge in [0.25, 0.3) is 0 Å². The van der Waals surface area contributed by atoms with Crippen LogP contribution in [0.1, 0.15) is 77.7 Å². The first-order valence-corrected chi connectivity index (χ1v) is 11.8. The van der Waals surface area contributed by atoms with Crippen LogP contribution in [0.2, 0.25) is 0 Å². The summed E-state index contributed by atoms with van der Waals surface area (Å²) in [6.07, 6.45) is 10.0. The molecule has 31 heavy (non-hydrogen) atoms. The quantitative estimate of drug-likeness (QED) is 0.364. The van der Waals surface area contributed by atoms with Gasteiger partial charge in [-0.15, -0.1) is 0 Å². The molecule has 0 unspecified atom stereocenters. The van der Waals surface area contributed by atoms with Crippen LogP contribution in [0.4, 0.5) is 0 Å². The number of aliphatic imine (C=N–C) groups is 1. The molecule has 1 fully saturated rings. The Labute approximate surface area is 186 Å². The van der Waals surface area contributed by atoms with Gasteiger partial charge in [-0.1, -0.05) is 71.4 Å². The molecule has 2 atom stereocenters. The van der Waals surface area contributed by atoms with Gasteiger partial charge in [-0.2, -0.15) is 0 Å². The van der Waals surface area contributed by atoms with E-state index in [4.69, 9.17) is 0 Å². The topological polar surface area (TPSA) is 90.8 Å². The number of hydrogen-bond donors (Lipinski definition) is 3. The van der Waals surface area contributed by atoms with Crippen molar-refractivity contribution in [3.05, 3.63) is 29.8 Å². The summed E-state index contributed by atoms with van der Waals surface area (Å²) in [7, 11) is 0. The molecule has 0 saturated heterocycles. The minimum atomic E-state index is -0.585. The molecule has 0 heterocycles. The Bertz CT molecular complexity index is 726. The average Bonchev–Trinajstić information content (AvgIpc) is 2.76. The third kappa shape index (κ3) is 8.35. The normalized spacial score (nSPS) is 16.9. The average molecular weight is 430 g/mol. The van der Waals surface area contributed by atoms with Crippen LogP contribution in [-0.4, -0.2) is 41.8 Å². The molecule has 0 aliphatic heterocycles. The van der Waals surface area contributed by atoms with Crippen LogP contribution in [0.15, 0.2) is 29.3 Å². The molecule has 0 radical (unpaired) electrons. The van der Waals surface area contributed by atoms with E-state index >= 15 is 0 Å². The highest BCUT2D eigenvalue weighted by molar-refractivity contribution is 5.92. The number of hydrogen-bond acceptors (Lipinski definition) is 4. The van der Waals surface area contributed by atoms with Gasteiger partial charge in [0.2, 0.25) is 11.8 Å². The summed E-state index contributed by atoms with van der Waals surface area (Å²) in [5.74, 6) is 0.211. The molecule has 3 N–H and O–H groups in total. The fourth-order valence-corrected chi connectivity index (χ4v) is 4.02. The highest BCUT2D eigenvalue weighted by Gasteiger charge is 2.29. The summed E-state index contributed by atoms with van der Waals surface area (Å²) in [4.78, 5) is 30.4. The van der Waals surface area contributed by atoms with Gasteiger partial charge in [0.05, 0.1) is 0 Å². The summed E-state index contributed by atoms with van der Waals surface area (Å²) in [5, 5.41) is 15.9. The van der Waals surface area contributed by atoms with Gasteiger partial charge in [-0.05, 0) is 36.8 Å². The molecule has 6 nitrogen and oxygen atoms in total. The maximum absolute atomic E-state index is 13.2. The van der Waals surface area contributed by atoms with Crippen molar-refractivity contribution < 1.29 is 14.7 Å². The Morgan fingerprint density at radius 1 is 1.16 bits per heavy atom. The molecular weight excluding hydrogens is 390 g/mol. The van der Waals surface area contributed by atoms with Crippen LogP contribution in [-0.2, 0) is 9.59 Å². The summed E-state index contributed by atoms with van der Waals surface area (Å²) < 4.78 is 0. The van der Waals surface area contributed by atoms with Crippen molar-refractivity contribution in [1.29, 1.82) is 0 Å². The first-order valence-electron chi connectivity index (χ1n) is 11.8. The van der Waals surface area contributed by atoms with Crippen LogP contribution in [0.25, 0.3) is 0 Å². The number of phenols is 1. The van der Waals surface area contributed by atoms with E-state index in [-0.39, 0.29) is 23.5 Å². The van der Waals surface area contributed by atoms with E-state index in [0.717, 1.165) is 25.7 Å². The number of benzene rings is 1.